The lowest BCUT2D eigenvalue weighted by molar-refractivity contribution is 0.0527. The standard InChI is InChI=1S/C18H28F2N4O2/c1-18(2,3)26-17(25)24-10-5-9-22-16(21-4)23-11-8-13-6-7-14(19)12-15(13)20/h6-7,12H,5,8-11H2,1-4H3,(H,24,25)(H2,21,22,23). The van der Waals surface area contributed by atoms with Crippen molar-refractivity contribution in [2.45, 2.75) is 39.2 Å². The average molecular weight is 370 g/mol. The van der Waals surface area contributed by atoms with E-state index < -0.39 is 23.3 Å². The predicted molar refractivity (Wildman–Crippen MR) is 98.3 cm³/mol. The van der Waals surface area contributed by atoms with E-state index in [-0.39, 0.29) is 0 Å². The zero-order valence-electron chi connectivity index (χ0n) is 15.8. The highest BCUT2D eigenvalue weighted by molar-refractivity contribution is 5.79. The van der Waals surface area contributed by atoms with E-state index in [1.807, 2.05) is 20.8 Å². The topological polar surface area (TPSA) is 74.8 Å². The van der Waals surface area contributed by atoms with E-state index in [0.29, 0.717) is 44.0 Å². The number of guanidine groups is 1. The van der Waals surface area contributed by atoms with Crippen LogP contribution in [0.25, 0.3) is 0 Å². The first-order valence-electron chi connectivity index (χ1n) is 8.56. The Morgan fingerprint density at radius 2 is 1.77 bits per heavy atom. The summed E-state index contributed by atoms with van der Waals surface area (Å²) >= 11 is 0. The molecular weight excluding hydrogens is 342 g/mol. The highest BCUT2D eigenvalue weighted by Gasteiger charge is 2.15. The molecule has 6 nitrogen and oxygen atoms in total. The van der Waals surface area contributed by atoms with E-state index in [1.54, 1.807) is 7.05 Å². The molecule has 0 aliphatic carbocycles. The Morgan fingerprint density at radius 3 is 2.38 bits per heavy atom. The van der Waals surface area contributed by atoms with Gasteiger partial charge in [-0.25, -0.2) is 13.6 Å². The SMILES string of the molecule is CN=C(NCCCNC(=O)OC(C)(C)C)NCCc1ccc(F)cc1F. The minimum absolute atomic E-state index is 0.410. The van der Waals surface area contributed by atoms with E-state index >= 15 is 0 Å². The molecular formula is C18H28F2N4O2. The van der Waals surface area contributed by atoms with Crippen molar-refractivity contribution in [3.63, 3.8) is 0 Å². The lowest BCUT2D eigenvalue weighted by Gasteiger charge is -2.19. The maximum atomic E-state index is 13.6. The number of aliphatic imine (C=N–C) groups is 1. The van der Waals surface area contributed by atoms with E-state index in [0.717, 1.165) is 6.07 Å². The summed E-state index contributed by atoms with van der Waals surface area (Å²) in [5.74, 6) is -0.565. The first kappa shape index (κ1) is 21.7. The Labute approximate surface area is 153 Å². The van der Waals surface area contributed by atoms with Gasteiger partial charge in [-0.1, -0.05) is 6.07 Å². The summed E-state index contributed by atoms with van der Waals surface area (Å²) in [6, 6.07) is 3.55. The summed E-state index contributed by atoms with van der Waals surface area (Å²) < 4.78 is 31.6. The van der Waals surface area contributed by atoms with Crippen molar-refractivity contribution >= 4 is 12.1 Å². The smallest absolute Gasteiger partial charge is 0.407 e. The van der Waals surface area contributed by atoms with E-state index in [1.165, 1.54) is 12.1 Å². The van der Waals surface area contributed by atoms with Gasteiger partial charge in [0.1, 0.15) is 17.2 Å². The van der Waals surface area contributed by atoms with Crippen LogP contribution in [0.15, 0.2) is 23.2 Å². The summed E-state index contributed by atoms with van der Waals surface area (Å²) in [4.78, 5) is 15.6. The molecule has 0 saturated heterocycles. The van der Waals surface area contributed by atoms with Gasteiger partial charge in [-0.05, 0) is 45.2 Å². The van der Waals surface area contributed by atoms with Gasteiger partial charge in [-0.3, -0.25) is 4.99 Å². The number of rotatable bonds is 7. The van der Waals surface area contributed by atoms with Crippen LogP contribution < -0.4 is 16.0 Å². The predicted octanol–water partition coefficient (Wildman–Crippen LogP) is 2.59. The van der Waals surface area contributed by atoms with Crippen LogP contribution in [-0.2, 0) is 11.2 Å². The molecule has 0 unspecified atom stereocenters. The average Bonchev–Trinajstić information content (AvgIpc) is 2.53. The molecule has 0 fully saturated rings. The number of amides is 1. The third-order valence-corrected chi connectivity index (χ3v) is 3.24. The minimum atomic E-state index is -0.586. The number of alkyl carbamates (subject to hydrolysis) is 1. The fraction of sp³-hybridized carbons (Fsp3) is 0.556. The van der Waals surface area contributed by atoms with E-state index in [2.05, 4.69) is 20.9 Å². The molecule has 146 valence electrons. The van der Waals surface area contributed by atoms with Crippen molar-refractivity contribution in [3.8, 4) is 0 Å². The fourth-order valence-corrected chi connectivity index (χ4v) is 2.06. The molecule has 0 spiro atoms. The molecule has 3 N–H and O–H groups in total. The third kappa shape index (κ3) is 9.19. The minimum Gasteiger partial charge on any atom is -0.444 e. The molecule has 1 aromatic carbocycles. The molecule has 0 atom stereocenters. The largest absolute Gasteiger partial charge is 0.444 e. The van der Waals surface area contributed by atoms with Gasteiger partial charge in [0.05, 0.1) is 0 Å². The van der Waals surface area contributed by atoms with Gasteiger partial charge in [0.15, 0.2) is 5.96 Å². The maximum Gasteiger partial charge on any atom is 0.407 e. The summed E-state index contributed by atoms with van der Waals surface area (Å²) in [7, 11) is 1.63. The van der Waals surface area contributed by atoms with Crippen LogP contribution >= 0.6 is 0 Å². The molecule has 26 heavy (non-hydrogen) atoms. The highest BCUT2D eigenvalue weighted by Crippen LogP contribution is 2.09. The molecule has 8 heteroatoms. The number of ether oxygens (including phenoxy) is 1. The first-order valence-corrected chi connectivity index (χ1v) is 8.56. The molecule has 0 aliphatic heterocycles. The van der Waals surface area contributed by atoms with E-state index in [9.17, 15) is 13.6 Å². The molecule has 0 heterocycles. The van der Waals surface area contributed by atoms with Crippen LogP contribution in [0.2, 0.25) is 0 Å². The van der Waals surface area contributed by atoms with Crippen LogP contribution in [0.3, 0.4) is 0 Å². The quantitative estimate of drug-likeness (QED) is 0.392. The van der Waals surface area contributed by atoms with Crippen LogP contribution in [-0.4, -0.2) is 44.3 Å². The number of nitrogens with zero attached hydrogens (tertiary/aromatic N) is 1. The number of nitrogens with one attached hydrogen (secondary N) is 3. The van der Waals surface area contributed by atoms with Gasteiger partial charge < -0.3 is 20.7 Å². The monoisotopic (exact) mass is 370 g/mol. The fourth-order valence-electron chi connectivity index (χ4n) is 2.06. The zero-order chi connectivity index (χ0) is 19.6. The lowest BCUT2D eigenvalue weighted by atomic mass is 10.1. The van der Waals surface area contributed by atoms with Gasteiger partial charge in [0, 0.05) is 32.7 Å². The first-order chi connectivity index (χ1) is 12.2. The second kappa shape index (κ2) is 10.6. The number of carbonyl (C=O) groups excluding carboxylic acids is 1. The summed E-state index contributed by atoms with van der Waals surface area (Å²) in [6.07, 6.45) is 0.654. The van der Waals surface area contributed by atoms with Gasteiger partial charge in [0.2, 0.25) is 0 Å². The Morgan fingerprint density at radius 1 is 1.12 bits per heavy atom. The number of hydrogen-bond acceptors (Lipinski definition) is 3. The van der Waals surface area contributed by atoms with Gasteiger partial charge >= 0.3 is 6.09 Å². The van der Waals surface area contributed by atoms with Crippen LogP contribution in [0.5, 0.6) is 0 Å². The van der Waals surface area contributed by atoms with Gasteiger partial charge in [-0.2, -0.15) is 0 Å². The number of hydrogen-bond donors (Lipinski definition) is 3. The van der Waals surface area contributed by atoms with Gasteiger partial charge in [-0.15, -0.1) is 0 Å². The Hall–Kier alpha value is -2.38. The Balaban J connectivity index is 2.20. The highest BCUT2D eigenvalue weighted by atomic mass is 19.1. The molecule has 1 amide bonds. The normalized spacial score (nSPS) is 11.8. The molecule has 0 aromatic heterocycles. The van der Waals surface area contributed by atoms with E-state index in [4.69, 9.17) is 4.74 Å². The molecule has 0 bridgehead atoms. The second-order valence-electron chi connectivity index (χ2n) is 6.69. The molecule has 0 saturated carbocycles. The van der Waals surface area contributed by atoms with Gasteiger partial charge in [0.25, 0.3) is 0 Å². The maximum absolute atomic E-state index is 13.6. The molecule has 0 aliphatic rings. The van der Waals surface area contributed by atoms with Crippen LogP contribution in [0.1, 0.15) is 32.8 Å². The van der Waals surface area contributed by atoms with Crippen molar-refractivity contribution in [1.29, 1.82) is 0 Å². The molecule has 1 aromatic rings. The van der Waals surface area contributed by atoms with Crippen LogP contribution in [0, 0.1) is 11.6 Å². The molecule has 0 radical (unpaired) electrons. The lowest BCUT2D eigenvalue weighted by Crippen LogP contribution is -2.40. The molecule has 1 rings (SSSR count). The number of halogens is 2. The Kier molecular flexibility index (Phi) is 8.81. The van der Waals surface area contributed by atoms with Crippen molar-refractivity contribution < 1.29 is 18.3 Å². The van der Waals surface area contributed by atoms with Crippen molar-refractivity contribution in [2.24, 2.45) is 4.99 Å². The zero-order valence-corrected chi connectivity index (χ0v) is 15.8. The van der Waals surface area contributed by atoms with Crippen LogP contribution in [0.4, 0.5) is 13.6 Å². The van der Waals surface area contributed by atoms with Crippen molar-refractivity contribution in [2.75, 3.05) is 26.7 Å². The van der Waals surface area contributed by atoms with Crippen molar-refractivity contribution in [3.05, 3.63) is 35.4 Å². The number of carbonyl (C=O) groups is 1. The summed E-state index contributed by atoms with van der Waals surface area (Å²) in [5.41, 5.74) is -0.0749. The second-order valence-corrected chi connectivity index (χ2v) is 6.69. The summed E-state index contributed by atoms with van der Waals surface area (Å²) in [6.45, 7) is 6.95. The third-order valence-electron chi connectivity index (χ3n) is 3.24. The summed E-state index contributed by atoms with van der Waals surface area (Å²) in [5, 5.41) is 8.82. The Bertz CT molecular complexity index is 616. The van der Waals surface area contributed by atoms with Crippen molar-refractivity contribution in [1.82, 2.24) is 16.0 Å². The number of benzene rings is 1.